The molecular weight excluding hydrogens is 323 g/mol. The number of carboxylic acid groups (broad SMARTS) is 1. The van der Waals surface area contributed by atoms with E-state index < -0.39 is 35.8 Å². The van der Waals surface area contributed by atoms with Crippen LogP contribution in [0.15, 0.2) is 18.2 Å². The third-order valence-corrected chi connectivity index (χ3v) is 3.51. The molecule has 1 fully saturated rings. The van der Waals surface area contributed by atoms with Crippen LogP contribution in [0.1, 0.15) is 10.4 Å². The van der Waals surface area contributed by atoms with E-state index in [0.29, 0.717) is 0 Å². The Bertz CT molecular complexity index is 678. The number of carboxylic acids is 1. The normalized spacial score (nSPS) is 19.1. The van der Waals surface area contributed by atoms with Gasteiger partial charge in [-0.3, -0.25) is 9.59 Å². The molecule has 0 radical (unpaired) electrons. The van der Waals surface area contributed by atoms with Gasteiger partial charge in [-0.1, -0.05) is 0 Å². The van der Waals surface area contributed by atoms with E-state index in [1.807, 2.05) is 0 Å². The number of aliphatic hydroxyl groups excluding tert-OH is 1. The molecule has 130 valence electrons. The molecule has 2 amide bonds. The second kappa shape index (κ2) is 6.93. The van der Waals surface area contributed by atoms with Crippen LogP contribution in [0.2, 0.25) is 0 Å². The van der Waals surface area contributed by atoms with Gasteiger partial charge in [0.1, 0.15) is 5.82 Å². The van der Waals surface area contributed by atoms with Gasteiger partial charge in [0.15, 0.2) is 12.2 Å². The number of aliphatic carboxylic acids is 1. The quantitative estimate of drug-likeness (QED) is 0.780. The maximum Gasteiger partial charge on any atom is 0.335 e. The lowest BCUT2D eigenvalue weighted by molar-refractivity contribution is -0.163. The summed E-state index contributed by atoms with van der Waals surface area (Å²) >= 11 is 0. The first-order chi connectivity index (χ1) is 11.2. The van der Waals surface area contributed by atoms with Crippen LogP contribution in [0.5, 0.6) is 0 Å². The summed E-state index contributed by atoms with van der Waals surface area (Å²) in [6, 6.07) is 3.43. The standard InChI is InChI=1S/C15H17FN2O6/c1-17(2)13(20)8-5-9(16)7-10(6-8)18-3-4-24-12(14(18)21)11(19)15(22)23/h5-7,11-12,19H,3-4H2,1-2H3,(H,22,23)/t11-,12-/m1/s1. The van der Waals surface area contributed by atoms with Gasteiger partial charge in [-0.15, -0.1) is 0 Å². The number of hydrogen-bond acceptors (Lipinski definition) is 5. The fourth-order valence-corrected chi connectivity index (χ4v) is 2.33. The van der Waals surface area contributed by atoms with Gasteiger partial charge in [0.05, 0.1) is 6.61 Å². The zero-order chi connectivity index (χ0) is 18.0. The monoisotopic (exact) mass is 340 g/mol. The number of amides is 2. The molecule has 0 unspecified atom stereocenters. The molecule has 1 aliphatic heterocycles. The van der Waals surface area contributed by atoms with E-state index in [2.05, 4.69) is 0 Å². The van der Waals surface area contributed by atoms with Crippen LogP contribution in [-0.4, -0.2) is 72.4 Å². The van der Waals surface area contributed by atoms with Crippen molar-refractivity contribution in [3.8, 4) is 0 Å². The Balaban J connectivity index is 2.35. The highest BCUT2D eigenvalue weighted by atomic mass is 19.1. The van der Waals surface area contributed by atoms with E-state index in [0.717, 1.165) is 17.0 Å². The van der Waals surface area contributed by atoms with Crippen molar-refractivity contribution in [2.24, 2.45) is 0 Å². The van der Waals surface area contributed by atoms with Gasteiger partial charge in [0.2, 0.25) is 0 Å². The van der Waals surface area contributed by atoms with Crippen molar-refractivity contribution < 1.29 is 33.7 Å². The van der Waals surface area contributed by atoms with E-state index in [9.17, 15) is 23.9 Å². The Kier molecular flexibility index (Phi) is 5.15. The van der Waals surface area contributed by atoms with Crippen LogP contribution in [0.25, 0.3) is 0 Å². The number of aliphatic hydroxyl groups is 1. The van der Waals surface area contributed by atoms with E-state index in [1.54, 1.807) is 0 Å². The van der Waals surface area contributed by atoms with Crippen molar-refractivity contribution in [3.63, 3.8) is 0 Å². The summed E-state index contributed by atoms with van der Waals surface area (Å²) in [5, 5.41) is 18.4. The molecule has 2 atom stereocenters. The van der Waals surface area contributed by atoms with Gasteiger partial charge >= 0.3 is 5.97 Å². The van der Waals surface area contributed by atoms with E-state index >= 15 is 0 Å². The lowest BCUT2D eigenvalue weighted by Gasteiger charge is -2.33. The van der Waals surface area contributed by atoms with E-state index in [-0.39, 0.29) is 24.4 Å². The van der Waals surface area contributed by atoms with Gasteiger partial charge in [-0.05, 0) is 18.2 Å². The van der Waals surface area contributed by atoms with Gasteiger partial charge in [0.25, 0.3) is 11.8 Å². The van der Waals surface area contributed by atoms with Gasteiger partial charge in [0, 0.05) is 31.9 Å². The van der Waals surface area contributed by atoms with Crippen molar-refractivity contribution in [3.05, 3.63) is 29.6 Å². The smallest absolute Gasteiger partial charge is 0.335 e. The minimum Gasteiger partial charge on any atom is -0.479 e. The first-order valence-corrected chi connectivity index (χ1v) is 7.08. The average Bonchev–Trinajstić information content (AvgIpc) is 2.52. The topological polar surface area (TPSA) is 107 Å². The fourth-order valence-electron chi connectivity index (χ4n) is 2.33. The largest absolute Gasteiger partial charge is 0.479 e. The summed E-state index contributed by atoms with van der Waals surface area (Å²) in [7, 11) is 3.01. The number of anilines is 1. The summed E-state index contributed by atoms with van der Waals surface area (Å²) < 4.78 is 18.9. The lowest BCUT2D eigenvalue weighted by Crippen LogP contribution is -2.54. The number of nitrogens with zero attached hydrogens (tertiary/aromatic N) is 2. The number of morpholine rings is 1. The van der Waals surface area contributed by atoms with Crippen molar-refractivity contribution >= 4 is 23.5 Å². The van der Waals surface area contributed by atoms with Crippen molar-refractivity contribution in [2.45, 2.75) is 12.2 Å². The number of carbonyl (C=O) groups is 3. The third-order valence-electron chi connectivity index (χ3n) is 3.51. The molecule has 0 bridgehead atoms. The Labute approximate surface area is 137 Å². The Morgan fingerprint density at radius 1 is 1.38 bits per heavy atom. The highest BCUT2D eigenvalue weighted by Crippen LogP contribution is 2.23. The molecule has 9 heteroatoms. The Morgan fingerprint density at radius 3 is 2.62 bits per heavy atom. The molecule has 0 aliphatic carbocycles. The van der Waals surface area contributed by atoms with Crippen molar-refractivity contribution in [1.82, 2.24) is 4.90 Å². The van der Waals surface area contributed by atoms with Crippen molar-refractivity contribution in [1.29, 1.82) is 0 Å². The molecule has 2 N–H and O–H groups in total. The molecule has 0 saturated carbocycles. The van der Waals surface area contributed by atoms with Crippen LogP contribution < -0.4 is 4.90 Å². The third kappa shape index (κ3) is 3.52. The molecule has 24 heavy (non-hydrogen) atoms. The van der Waals surface area contributed by atoms with E-state index in [4.69, 9.17) is 9.84 Å². The summed E-state index contributed by atoms with van der Waals surface area (Å²) in [6.45, 7) is 0.00887. The predicted octanol–water partition coefficient (Wildman–Crippen LogP) is -0.295. The minimum atomic E-state index is -2.03. The second-order valence-corrected chi connectivity index (χ2v) is 5.46. The van der Waals surface area contributed by atoms with Gasteiger partial charge in [-0.2, -0.15) is 0 Å². The molecule has 2 rings (SSSR count). The molecule has 0 aromatic heterocycles. The Morgan fingerprint density at radius 2 is 2.04 bits per heavy atom. The maximum absolute atomic E-state index is 13.8. The molecular formula is C15H17FN2O6. The van der Waals surface area contributed by atoms with Crippen molar-refractivity contribution in [2.75, 3.05) is 32.1 Å². The average molecular weight is 340 g/mol. The minimum absolute atomic E-state index is 0.0335. The number of benzene rings is 1. The molecule has 1 aromatic rings. The first kappa shape index (κ1) is 17.8. The van der Waals surface area contributed by atoms with Crippen LogP contribution >= 0.6 is 0 Å². The van der Waals surface area contributed by atoms with Gasteiger partial charge in [-0.25, -0.2) is 9.18 Å². The molecule has 1 aliphatic rings. The SMILES string of the molecule is CN(C)C(=O)c1cc(F)cc(N2CCO[C@H]([C@@H](O)C(=O)O)C2=O)c1. The highest BCUT2D eigenvalue weighted by molar-refractivity contribution is 6.01. The van der Waals surface area contributed by atoms with Crippen LogP contribution in [0.3, 0.4) is 0 Å². The molecule has 1 aromatic carbocycles. The lowest BCUT2D eigenvalue weighted by atomic mass is 10.1. The summed E-state index contributed by atoms with van der Waals surface area (Å²) in [6.07, 6.45) is -3.62. The molecule has 8 nitrogen and oxygen atoms in total. The molecule has 1 heterocycles. The molecule has 1 saturated heterocycles. The van der Waals surface area contributed by atoms with Crippen LogP contribution in [0, 0.1) is 5.82 Å². The Hall–Kier alpha value is -2.52. The second-order valence-electron chi connectivity index (χ2n) is 5.46. The number of rotatable bonds is 4. The fraction of sp³-hybridized carbons (Fsp3) is 0.400. The number of hydrogen-bond donors (Lipinski definition) is 2. The number of halogens is 1. The molecule has 0 spiro atoms. The zero-order valence-corrected chi connectivity index (χ0v) is 13.1. The maximum atomic E-state index is 13.8. The summed E-state index contributed by atoms with van der Waals surface area (Å²) in [5.41, 5.74) is 0.140. The number of ether oxygens (including phenoxy) is 1. The van der Waals surface area contributed by atoms with Crippen LogP contribution in [-0.2, 0) is 14.3 Å². The van der Waals surface area contributed by atoms with Crippen LogP contribution in [0.4, 0.5) is 10.1 Å². The van der Waals surface area contributed by atoms with E-state index in [1.165, 1.54) is 25.1 Å². The number of carbonyl (C=O) groups excluding carboxylic acids is 2. The predicted molar refractivity (Wildman–Crippen MR) is 80.2 cm³/mol. The zero-order valence-electron chi connectivity index (χ0n) is 13.1. The summed E-state index contributed by atoms with van der Waals surface area (Å²) in [4.78, 5) is 37.5. The van der Waals surface area contributed by atoms with Gasteiger partial charge < -0.3 is 24.7 Å². The summed E-state index contributed by atoms with van der Waals surface area (Å²) in [5.74, 6) is -3.58. The highest BCUT2D eigenvalue weighted by Gasteiger charge is 2.39. The first-order valence-electron chi connectivity index (χ1n) is 7.08.